The predicted molar refractivity (Wildman–Crippen MR) is 49.7 cm³/mol. The number of rotatable bonds is 4. The Bertz CT molecular complexity index is 309. The van der Waals surface area contributed by atoms with Crippen LogP contribution in [0.1, 0.15) is 24.6 Å². The van der Waals surface area contributed by atoms with Gasteiger partial charge in [-0.15, -0.1) is 0 Å². The number of nitrogens with one attached hydrogen (secondary N) is 1. The first-order valence-corrected chi connectivity index (χ1v) is 4.36. The average Bonchev–Trinajstić information content (AvgIpc) is 2.60. The molecule has 0 saturated carbocycles. The highest BCUT2D eigenvalue weighted by atomic mass is 16.5. The standard InChI is InChI=1S/C9H14N2O3/c1-6-4-11-9(14-6)7(2)10-5-8(12)13-3/h4,7,10H,5H2,1-3H3. The SMILES string of the molecule is COC(=O)CNC(C)c1ncc(C)o1. The average molecular weight is 198 g/mol. The maximum absolute atomic E-state index is 10.8. The van der Waals surface area contributed by atoms with Crippen molar-refractivity contribution in [3.63, 3.8) is 0 Å². The van der Waals surface area contributed by atoms with Gasteiger partial charge in [-0.2, -0.15) is 0 Å². The molecular weight excluding hydrogens is 184 g/mol. The van der Waals surface area contributed by atoms with Gasteiger partial charge in [-0.25, -0.2) is 4.98 Å². The van der Waals surface area contributed by atoms with Crippen molar-refractivity contribution < 1.29 is 13.9 Å². The predicted octanol–water partition coefficient (Wildman–Crippen LogP) is 0.807. The second-order valence-electron chi connectivity index (χ2n) is 2.99. The number of nitrogens with zero attached hydrogens (tertiary/aromatic N) is 1. The first-order valence-electron chi connectivity index (χ1n) is 4.36. The lowest BCUT2D eigenvalue weighted by Gasteiger charge is -2.08. The maximum Gasteiger partial charge on any atom is 0.319 e. The highest BCUT2D eigenvalue weighted by Crippen LogP contribution is 2.11. The monoisotopic (exact) mass is 198 g/mol. The van der Waals surface area contributed by atoms with E-state index in [1.165, 1.54) is 7.11 Å². The third kappa shape index (κ3) is 2.85. The van der Waals surface area contributed by atoms with Crippen LogP contribution < -0.4 is 5.32 Å². The van der Waals surface area contributed by atoms with E-state index in [1.807, 2.05) is 13.8 Å². The molecule has 0 radical (unpaired) electrons. The number of carbonyl (C=O) groups excluding carboxylic acids is 1. The minimum atomic E-state index is -0.305. The number of aryl methyl sites for hydroxylation is 1. The van der Waals surface area contributed by atoms with Gasteiger partial charge in [0.25, 0.3) is 0 Å². The van der Waals surface area contributed by atoms with Crippen LogP contribution in [0.4, 0.5) is 0 Å². The number of hydrogen-bond acceptors (Lipinski definition) is 5. The third-order valence-electron chi connectivity index (χ3n) is 1.79. The van der Waals surface area contributed by atoms with Crippen molar-refractivity contribution in [3.05, 3.63) is 17.8 Å². The van der Waals surface area contributed by atoms with Gasteiger partial charge in [-0.1, -0.05) is 0 Å². The maximum atomic E-state index is 10.8. The minimum Gasteiger partial charge on any atom is -0.468 e. The van der Waals surface area contributed by atoms with E-state index in [1.54, 1.807) is 6.20 Å². The lowest BCUT2D eigenvalue weighted by Crippen LogP contribution is -2.26. The molecule has 1 aromatic rings. The number of aromatic nitrogens is 1. The molecule has 78 valence electrons. The van der Waals surface area contributed by atoms with E-state index in [2.05, 4.69) is 15.0 Å². The summed E-state index contributed by atoms with van der Waals surface area (Å²) < 4.78 is 9.77. The van der Waals surface area contributed by atoms with Crippen LogP contribution in [0.15, 0.2) is 10.6 Å². The summed E-state index contributed by atoms with van der Waals surface area (Å²) in [5, 5.41) is 2.93. The zero-order chi connectivity index (χ0) is 10.6. The van der Waals surface area contributed by atoms with Crippen molar-refractivity contribution in [2.75, 3.05) is 13.7 Å². The normalized spacial score (nSPS) is 12.5. The summed E-state index contributed by atoms with van der Waals surface area (Å²) in [7, 11) is 1.35. The number of esters is 1. The molecule has 0 aliphatic heterocycles. The molecule has 0 spiro atoms. The van der Waals surface area contributed by atoms with Gasteiger partial charge in [0.15, 0.2) is 0 Å². The quantitative estimate of drug-likeness (QED) is 0.725. The highest BCUT2D eigenvalue weighted by Gasteiger charge is 2.11. The number of methoxy groups -OCH3 is 1. The Labute approximate surface area is 82.5 Å². The van der Waals surface area contributed by atoms with Gasteiger partial charge in [-0.3, -0.25) is 10.1 Å². The van der Waals surface area contributed by atoms with Crippen LogP contribution >= 0.6 is 0 Å². The molecule has 0 aliphatic rings. The molecule has 0 amide bonds. The first-order chi connectivity index (χ1) is 6.63. The molecule has 0 fully saturated rings. The smallest absolute Gasteiger partial charge is 0.319 e. The molecule has 0 aliphatic carbocycles. The van der Waals surface area contributed by atoms with E-state index >= 15 is 0 Å². The fourth-order valence-electron chi connectivity index (χ4n) is 0.968. The van der Waals surface area contributed by atoms with Crippen LogP contribution in [0.3, 0.4) is 0 Å². The Hall–Kier alpha value is -1.36. The van der Waals surface area contributed by atoms with E-state index in [9.17, 15) is 4.79 Å². The fraction of sp³-hybridized carbons (Fsp3) is 0.556. The number of oxazole rings is 1. The lowest BCUT2D eigenvalue weighted by molar-refractivity contribution is -0.139. The van der Waals surface area contributed by atoms with Crippen LogP contribution in [0.2, 0.25) is 0 Å². The van der Waals surface area contributed by atoms with Crippen LogP contribution in [0, 0.1) is 6.92 Å². The number of ether oxygens (including phenoxy) is 1. The largest absolute Gasteiger partial charge is 0.468 e. The molecular formula is C9H14N2O3. The second kappa shape index (κ2) is 4.76. The molecule has 5 nitrogen and oxygen atoms in total. The first kappa shape index (κ1) is 10.7. The van der Waals surface area contributed by atoms with Crippen LogP contribution in [-0.4, -0.2) is 24.6 Å². The van der Waals surface area contributed by atoms with Crippen molar-refractivity contribution in [1.29, 1.82) is 0 Å². The molecule has 1 aromatic heterocycles. The van der Waals surface area contributed by atoms with Crippen molar-refractivity contribution in [3.8, 4) is 0 Å². The van der Waals surface area contributed by atoms with Gasteiger partial charge in [0.2, 0.25) is 5.89 Å². The molecule has 1 rings (SSSR count). The van der Waals surface area contributed by atoms with E-state index in [-0.39, 0.29) is 18.6 Å². The topological polar surface area (TPSA) is 64.4 Å². The summed E-state index contributed by atoms with van der Waals surface area (Å²) in [4.78, 5) is 14.9. The Kier molecular flexibility index (Phi) is 3.64. The molecule has 14 heavy (non-hydrogen) atoms. The highest BCUT2D eigenvalue weighted by molar-refractivity contribution is 5.71. The van der Waals surface area contributed by atoms with Crippen LogP contribution in [0.5, 0.6) is 0 Å². The van der Waals surface area contributed by atoms with Gasteiger partial charge in [0.05, 0.1) is 25.9 Å². The van der Waals surface area contributed by atoms with Gasteiger partial charge in [0.1, 0.15) is 5.76 Å². The molecule has 0 aromatic carbocycles. The zero-order valence-electron chi connectivity index (χ0n) is 8.53. The number of carbonyl (C=O) groups is 1. The summed E-state index contributed by atoms with van der Waals surface area (Å²) in [6.45, 7) is 3.84. The van der Waals surface area contributed by atoms with Crippen molar-refractivity contribution in [1.82, 2.24) is 10.3 Å². The third-order valence-corrected chi connectivity index (χ3v) is 1.79. The summed E-state index contributed by atoms with van der Waals surface area (Å²) >= 11 is 0. The van der Waals surface area contributed by atoms with E-state index in [4.69, 9.17) is 4.42 Å². The summed E-state index contributed by atoms with van der Waals surface area (Å²) in [5.41, 5.74) is 0. The Balaban J connectivity index is 2.42. The summed E-state index contributed by atoms with van der Waals surface area (Å²) in [6, 6.07) is -0.0946. The Morgan fingerprint density at radius 1 is 1.79 bits per heavy atom. The van der Waals surface area contributed by atoms with Crippen LogP contribution in [-0.2, 0) is 9.53 Å². The van der Waals surface area contributed by atoms with Gasteiger partial charge in [0, 0.05) is 0 Å². The van der Waals surface area contributed by atoms with Crippen molar-refractivity contribution in [2.24, 2.45) is 0 Å². The van der Waals surface area contributed by atoms with E-state index < -0.39 is 0 Å². The molecule has 5 heteroatoms. The van der Waals surface area contributed by atoms with Crippen LogP contribution in [0.25, 0.3) is 0 Å². The zero-order valence-corrected chi connectivity index (χ0v) is 8.53. The van der Waals surface area contributed by atoms with Crippen molar-refractivity contribution >= 4 is 5.97 Å². The van der Waals surface area contributed by atoms with Gasteiger partial charge in [-0.05, 0) is 13.8 Å². The van der Waals surface area contributed by atoms with Crippen molar-refractivity contribution in [2.45, 2.75) is 19.9 Å². The molecule has 1 N–H and O–H groups in total. The summed E-state index contributed by atoms with van der Waals surface area (Å²) in [6.07, 6.45) is 1.64. The fourth-order valence-corrected chi connectivity index (χ4v) is 0.968. The summed E-state index contributed by atoms with van der Waals surface area (Å²) in [5.74, 6) is 1.03. The minimum absolute atomic E-state index is 0.0946. The lowest BCUT2D eigenvalue weighted by atomic mass is 10.3. The van der Waals surface area contributed by atoms with Gasteiger partial charge >= 0.3 is 5.97 Å². The Morgan fingerprint density at radius 2 is 2.50 bits per heavy atom. The molecule has 1 atom stereocenters. The molecule has 1 heterocycles. The van der Waals surface area contributed by atoms with E-state index in [0.29, 0.717) is 5.89 Å². The number of hydrogen-bond donors (Lipinski definition) is 1. The van der Waals surface area contributed by atoms with Gasteiger partial charge < -0.3 is 9.15 Å². The molecule has 1 unspecified atom stereocenters. The molecule has 0 bridgehead atoms. The molecule has 0 saturated heterocycles. The van der Waals surface area contributed by atoms with E-state index in [0.717, 1.165) is 5.76 Å². The second-order valence-corrected chi connectivity index (χ2v) is 2.99. The Morgan fingerprint density at radius 3 is 3.00 bits per heavy atom.